The Balaban J connectivity index is 4.47. The summed E-state index contributed by atoms with van der Waals surface area (Å²) in [6.45, 7) is 5.74. The van der Waals surface area contributed by atoms with Gasteiger partial charge in [-0.1, -0.05) is 52.0 Å². The highest BCUT2D eigenvalue weighted by Crippen LogP contribution is 2.32. The van der Waals surface area contributed by atoms with Crippen molar-refractivity contribution in [2.75, 3.05) is 21.3 Å². The van der Waals surface area contributed by atoms with Gasteiger partial charge in [-0.2, -0.15) is 0 Å². The van der Waals surface area contributed by atoms with Crippen LogP contribution in [0.4, 0.5) is 0 Å². The smallest absolute Gasteiger partial charge is 0.285 e. The monoisotopic (exact) mass is 328 g/mol. The van der Waals surface area contributed by atoms with Gasteiger partial charge in [0.2, 0.25) is 0 Å². The summed E-state index contributed by atoms with van der Waals surface area (Å²) >= 11 is 0. The van der Waals surface area contributed by atoms with E-state index in [1.165, 1.54) is 38.2 Å². The Morgan fingerprint density at radius 2 is 1.48 bits per heavy atom. The highest BCUT2D eigenvalue weighted by atomic mass is 16.9. The van der Waals surface area contributed by atoms with Gasteiger partial charge in [0.05, 0.1) is 0 Å². The molecule has 23 heavy (non-hydrogen) atoms. The fourth-order valence-electron chi connectivity index (χ4n) is 3.04. The van der Waals surface area contributed by atoms with Crippen molar-refractivity contribution in [3.05, 3.63) is 12.7 Å². The molecule has 0 saturated heterocycles. The molecule has 0 rings (SSSR count). The quantitative estimate of drug-likeness (QED) is 0.230. The average molecular weight is 328 g/mol. The van der Waals surface area contributed by atoms with E-state index in [9.17, 15) is 4.79 Å². The molecule has 0 aliphatic carbocycles. The van der Waals surface area contributed by atoms with E-state index in [1.54, 1.807) is 21.3 Å². The van der Waals surface area contributed by atoms with Gasteiger partial charge in [0.25, 0.3) is 5.97 Å². The van der Waals surface area contributed by atoms with E-state index in [0.717, 1.165) is 25.7 Å². The van der Waals surface area contributed by atoms with Crippen LogP contribution in [0.3, 0.4) is 0 Å². The number of carbonyl (C=O) groups is 1. The van der Waals surface area contributed by atoms with Crippen LogP contribution < -0.4 is 0 Å². The van der Waals surface area contributed by atoms with Crippen molar-refractivity contribution in [2.24, 2.45) is 5.92 Å². The van der Waals surface area contributed by atoms with Crippen molar-refractivity contribution in [1.82, 2.24) is 0 Å². The van der Waals surface area contributed by atoms with Gasteiger partial charge in [0.1, 0.15) is 0 Å². The molecule has 0 radical (unpaired) electrons. The first kappa shape index (κ1) is 22.3. The topological polar surface area (TPSA) is 44.8 Å². The van der Waals surface area contributed by atoms with Crippen LogP contribution in [0.1, 0.15) is 71.1 Å². The minimum Gasteiger partial charge on any atom is -0.331 e. The normalized spacial score (nSPS) is 13.0. The summed E-state index contributed by atoms with van der Waals surface area (Å²) in [5.41, 5.74) is 0. The maximum absolute atomic E-state index is 11.4. The second-order valence-corrected chi connectivity index (χ2v) is 6.03. The standard InChI is InChI=1S/C19H36O4/c1-6-8-9-10-11-12-14-17(15-13-16-18(20)7-2)19(21-3,22-4)23-5/h7,17H,2,6,8-16H2,1,3-5H3. The number of rotatable bonds is 16. The van der Waals surface area contributed by atoms with E-state index in [4.69, 9.17) is 14.2 Å². The van der Waals surface area contributed by atoms with Gasteiger partial charge in [0, 0.05) is 33.7 Å². The minimum atomic E-state index is -1.01. The molecule has 0 N–H and O–H groups in total. The lowest BCUT2D eigenvalue weighted by Gasteiger charge is -2.36. The summed E-state index contributed by atoms with van der Waals surface area (Å²) in [7, 11) is 4.82. The number of methoxy groups -OCH3 is 3. The summed E-state index contributed by atoms with van der Waals surface area (Å²) in [6.07, 6.45) is 12.0. The molecule has 0 aromatic carbocycles. The molecule has 0 aliphatic rings. The number of allylic oxidation sites excluding steroid dienone is 1. The number of unbranched alkanes of at least 4 members (excludes halogenated alkanes) is 5. The van der Waals surface area contributed by atoms with Crippen molar-refractivity contribution in [3.8, 4) is 0 Å². The van der Waals surface area contributed by atoms with Gasteiger partial charge in [0.15, 0.2) is 5.78 Å². The van der Waals surface area contributed by atoms with E-state index in [-0.39, 0.29) is 11.7 Å². The first-order chi connectivity index (χ1) is 11.1. The molecule has 1 unspecified atom stereocenters. The highest BCUT2D eigenvalue weighted by molar-refractivity contribution is 5.88. The van der Waals surface area contributed by atoms with Crippen LogP contribution in [0, 0.1) is 5.92 Å². The molecule has 0 fully saturated rings. The Morgan fingerprint density at radius 3 is 2.00 bits per heavy atom. The summed E-state index contributed by atoms with van der Waals surface area (Å²) in [5.74, 6) is -0.812. The Morgan fingerprint density at radius 1 is 0.957 bits per heavy atom. The van der Waals surface area contributed by atoms with Gasteiger partial charge in [-0.15, -0.1) is 0 Å². The van der Waals surface area contributed by atoms with Crippen molar-refractivity contribution < 1.29 is 19.0 Å². The Kier molecular flexibility index (Phi) is 13.3. The van der Waals surface area contributed by atoms with Gasteiger partial charge < -0.3 is 14.2 Å². The zero-order chi connectivity index (χ0) is 17.6. The van der Waals surface area contributed by atoms with Gasteiger partial charge in [-0.3, -0.25) is 4.79 Å². The van der Waals surface area contributed by atoms with Crippen molar-refractivity contribution in [2.45, 2.75) is 77.1 Å². The molecule has 0 spiro atoms. The molecule has 0 aromatic heterocycles. The largest absolute Gasteiger partial charge is 0.331 e. The highest BCUT2D eigenvalue weighted by Gasteiger charge is 2.39. The average Bonchev–Trinajstić information content (AvgIpc) is 2.58. The maximum Gasteiger partial charge on any atom is 0.285 e. The van der Waals surface area contributed by atoms with Crippen LogP contribution in [0.25, 0.3) is 0 Å². The third kappa shape index (κ3) is 8.63. The molecule has 1 atom stereocenters. The molecular formula is C19H36O4. The molecule has 0 saturated carbocycles. The van der Waals surface area contributed by atoms with E-state index >= 15 is 0 Å². The third-order valence-corrected chi connectivity index (χ3v) is 4.46. The van der Waals surface area contributed by atoms with E-state index < -0.39 is 5.97 Å². The lowest BCUT2D eigenvalue weighted by Crippen LogP contribution is -2.44. The van der Waals surface area contributed by atoms with E-state index in [1.807, 2.05) is 0 Å². The predicted octanol–water partition coefficient (Wildman–Crippen LogP) is 4.87. The summed E-state index contributed by atoms with van der Waals surface area (Å²) in [4.78, 5) is 11.4. The molecule has 136 valence electrons. The third-order valence-electron chi connectivity index (χ3n) is 4.46. The molecule has 0 aromatic rings. The second kappa shape index (κ2) is 13.7. The minimum absolute atomic E-state index is 0.0844. The van der Waals surface area contributed by atoms with Gasteiger partial charge in [-0.05, 0) is 25.3 Å². The van der Waals surface area contributed by atoms with Crippen LogP contribution in [0.2, 0.25) is 0 Å². The first-order valence-corrected chi connectivity index (χ1v) is 8.90. The van der Waals surface area contributed by atoms with Crippen LogP contribution in [0.15, 0.2) is 12.7 Å². The Hall–Kier alpha value is -0.710. The number of carbonyl (C=O) groups excluding carboxylic acids is 1. The van der Waals surface area contributed by atoms with Crippen LogP contribution in [-0.2, 0) is 19.0 Å². The van der Waals surface area contributed by atoms with Crippen LogP contribution in [-0.4, -0.2) is 33.1 Å². The van der Waals surface area contributed by atoms with E-state index in [0.29, 0.717) is 6.42 Å². The molecule has 0 amide bonds. The number of ketones is 1. The van der Waals surface area contributed by atoms with Crippen molar-refractivity contribution in [1.29, 1.82) is 0 Å². The lowest BCUT2D eigenvalue weighted by molar-refractivity contribution is -0.380. The fraction of sp³-hybridized carbons (Fsp3) is 0.842. The van der Waals surface area contributed by atoms with Crippen molar-refractivity contribution in [3.63, 3.8) is 0 Å². The molecular weight excluding hydrogens is 292 g/mol. The summed E-state index contributed by atoms with van der Waals surface area (Å²) in [6, 6.07) is 0. The van der Waals surface area contributed by atoms with Crippen LogP contribution >= 0.6 is 0 Å². The number of hydrogen-bond donors (Lipinski definition) is 0. The number of ether oxygens (including phenoxy) is 3. The SMILES string of the molecule is C=CC(=O)CCCC(CCCCCCCC)C(OC)(OC)OC. The first-order valence-electron chi connectivity index (χ1n) is 8.90. The Labute approximate surface area is 142 Å². The molecule has 0 aliphatic heterocycles. The zero-order valence-electron chi connectivity index (χ0n) is 15.6. The van der Waals surface area contributed by atoms with Gasteiger partial charge in [-0.25, -0.2) is 0 Å². The second-order valence-electron chi connectivity index (χ2n) is 6.03. The zero-order valence-corrected chi connectivity index (χ0v) is 15.6. The molecule has 0 bridgehead atoms. The predicted molar refractivity (Wildman–Crippen MR) is 94.3 cm³/mol. The van der Waals surface area contributed by atoms with E-state index in [2.05, 4.69) is 13.5 Å². The Bertz CT molecular complexity index is 302. The van der Waals surface area contributed by atoms with Crippen molar-refractivity contribution >= 4 is 5.78 Å². The molecule has 4 nitrogen and oxygen atoms in total. The molecule has 0 heterocycles. The molecule has 4 heteroatoms. The lowest BCUT2D eigenvalue weighted by atomic mass is 9.92. The fourth-order valence-corrected chi connectivity index (χ4v) is 3.04. The van der Waals surface area contributed by atoms with Crippen LogP contribution in [0.5, 0.6) is 0 Å². The maximum atomic E-state index is 11.4. The van der Waals surface area contributed by atoms with Gasteiger partial charge >= 0.3 is 0 Å². The summed E-state index contributed by atoms with van der Waals surface area (Å²) in [5, 5.41) is 0. The summed E-state index contributed by atoms with van der Waals surface area (Å²) < 4.78 is 16.6. The number of hydrogen-bond acceptors (Lipinski definition) is 4.